The molecule has 0 bridgehead atoms. The predicted molar refractivity (Wildman–Crippen MR) is 53.1 cm³/mol. The highest BCUT2D eigenvalue weighted by atomic mass is 16.7. The number of hydrogen-bond donors (Lipinski definition) is 0. The topological polar surface area (TPSA) is 27.7 Å². The summed E-state index contributed by atoms with van der Waals surface area (Å²) in [5.41, 5.74) is 0. The summed E-state index contributed by atoms with van der Waals surface area (Å²) >= 11 is 0. The fraction of sp³-hybridized carbons (Fsp3) is 1.00. The van der Waals surface area contributed by atoms with Gasteiger partial charge in [0.05, 0.1) is 19.3 Å². The van der Waals surface area contributed by atoms with Gasteiger partial charge >= 0.3 is 0 Å². The van der Waals surface area contributed by atoms with Crippen molar-refractivity contribution in [2.45, 2.75) is 50.9 Å². The predicted octanol–water partition coefficient (Wildman–Crippen LogP) is 2.10. The molecule has 1 saturated heterocycles. The fourth-order valence-corrected chi connectivity index (χ4v) is 2.08. The van der Waals surface area contributed by atoms with Gasteiger partial charge in [-0.05, 0) is 26.2 Å². The van der Waals surface area contributed by atoms with E-state index in [9.17, 15) is 0 Å². The van der Waals surface area contributed by atoms with Crippen molar-refractivity contribution in [2.75, 3.05) is 19.8 Å². The Hall–Kier alpha value is -0.120. The highest BCUT2D eigenvalue weighted by Gasteiger charge is 2.30. The van der Waals surface area contributed by atoms with E-state index in [4.69, 9.17) is 14.2 Å². The van der Waals surface area contributed by atoms with Crippen molar-refractivity contribution in [1.29, 1.82) is 0 Å². The minimum absolute atomic E-state index is 0.445. The lowest BCUT2D eigenvalue weighted by Crippen LogP contribution is -2.42. The summed E-state index contributed by atoms with van der Waals surface area (Å²) in [5, 5.41) is 0. The van der Waals surface area contributed by atoms with Gasteiger partial charge in [-0.25, -0.2) is 0 Å². The Kier molecular flexibility index (Phi) is 3.42. The van der Waals surface area contributed by atoms with Crippen molar-refractivity contribution >= 4 is 0 Å². The third-order valence-electron chi connectivity index (χ3n) is 2.99. The van der Waals surface area contributed by atoms with E-state index < -0.39 is 5.79 Å². The van der Waals surface area contributed by atoms with Crippen molar-refractivity contribution in [3.05, 3.63) is 0 Å². The molecule has 14 heavy (non-hydrogen) atoms. The standard InChI is InChI=1S/C11H20O3/c1-11(13-7-4-8-14-11)9-12-10-5-2-3-6-10/h10H,2-9H2,1H3. The van der Waals surface area contributed by atoms with Crippen LogP contribution >= 0.6 is 0 Å². The quantitative estimate of drug-likeness (QED) is 0.698. The minimum Gasteiger partial charge on any atom is -0.373 e. The van der Waals surface area contributed by atoms with Gasteiger partial charge < -0.3 is 14.2 Å². The lowest BCUT2D eigenvalue weighted by atomic mass is 10.2. The molecule has 2 aliphatic rings. The molecule has 0 aromatic carbocycles. The highest BCUT2D eigenvalue weighted by Crippen LogP contribution is 2.24. The first-order valence-electron chi connectivity index (χ1n) is 5.68. The summed E-state index contributed by atoms with van der Waals surface area (Å²) in [6.45, 7) is 4.15. The Bertz CT molecular complexity index is 169. The summed E-state index contributed by atoms with van der Waals surface area (Å²) in [6, 6.07) is 0. The van der Waals surface area contributed by atoms with Crippen LogP contribution in [0.15, 0.2) is 0 Å². The normalized spacial score (nSPS) is 28.1. The number of ether oxygens (including phenoxy) is 3. The van der Waals surface area contributed by atoms with E-state index in [0.717, 1.165) is 19.6 Å². The molecular formula is C11H20O3. The molecule has 1 aliphatic heterocycles. The monoisotopic (exact) mass is 200 g/mol. The van der Waals surface area contributed by atoms with Gasteiger partial charge in [0, 0.05) is 0 Å². The summed E-state index contributed by atoms with van der Waals surface area (Å²) in [4.78, 5) is 0. The zero-order valence-corrected chi connectivity index (χ0v) is 8.96. The molecule has 0 amide bonds. The van der Waals surface area contributed by atoms with Gasteiger partial charge in [-0.1, -0.05) is 12.8 Å². The van der Waals surface area contributed by atoms with Gasteiger partial charge in [0.25, 0.3) is 0 Å². The van der Waals surface area contributed by atoms with Gasteiger partial charge in [0.1, 0.15) is 6.61 Å². The lowest BCUT2D eigenvalue weighted by molar-refractivity contribution is -0.280. The molecule has 0 spiro atoms. The third-order valence-corrected chi connectivity index (χ3v) is 2.99. The minimum atomic E-state index is -0.485. The SMILES string of the molecule is CC1(COC2CCCC2)OCCCO1. The molecule has 2 rings (SSSR count). The first-order valence-corrected chi connectivity index (χ1v) is 5.68. The second-order valence-corrected chi connectivity index (χ2v) is 4.40. The first-order chi connectivity index (χ1) is 6.79. The van der Waals surface area contributed by atoms with E-state index in [2.05, 4.69) is 0 Å². The van der Waals surface area contributed by atoms with Crippen LogP contribution in [0.5, 0.6) is 0 Å². The molecule has 0 aromatic heterocycles. The van der Waals surface area contributed by atoms with Gasteiger partial charge in [-0.15, -0.1) is 0 Å². The van der Waals surface area contributed by atoms with Gasteiger partial charge in [0.2, 0.25) is 0 Å². The maximum atomic E-state index is 5.80. The molecule has 3 heteroatoms. The molecule has 1 heterocycles. The maximum absolute atomic E-state index is 5.80. The molecule has 82 valence electrons. The number of hydrogen-bond acceptors (Lipinski definition) is 3. The Morgan fingerprint density at radius 1 is 1.14 bits per heavy atom. The van der Waals surface area contributed by atoms with Crippen LogP contribution in [0.2, 0.25) is 0 Å². The van der Waals surface area contributed by atoms with Gasteiger partial charge in [0.15, 0.2) is 5.79 Å². The van der Waals surface area contributed by atoms with E-state index in [1.165, 1.54) is 25.7 Å². The fourth-order valence-electron chi connectivity index (χ4n) is 2.08. The van der Waals surface area contributed by atoms with E-state index >= 15 is 0 Å². The van der Waals surface area contributed by atoms with Crippen molar-refractivity contribution in [1.82, 2.24) is 0 Å². The zero-order chi connectivity index (χ0) is 9.86. The first kappa shape index (κ1) is 10.4. The molecule has 0 aromatic rings. The molecule has 3 nitrogen and oxygen atoms in total. The Balaban J connectivity index is 1.72. The van der Waals surface area contributed by atoms with Crippen LogP contribution in [0, 0.1) is 0 Å². The smallest absolute Gasteiger partial charge is 0.188 e. The zero-order valence-electron chi connectivity index (χ0n) is 8.96. The molecule has 0 N–H and O–H groups in total. The second kappa shape index (κ2) is 4.60. The molecule has 1 saturated carbocycles. The average molecular weight is 200 g/mol. The molecule has 2 fully saturated rings. The largest absolute Gasteiger partial charge is 0.373 e. The molecule has 0 unspecified atom stereocenters. The summed E-state index contributed by atoms with van der Waals surface area (Å²) < 4.78 is 17.0. The Labute approximate surface area is 85.7 Å². The van der Waals surface area contributed by atoms with Crippen LogP contribution < -0.4 is 0 Å². The van der Waals surface area contributed by atoms with Gasteiger partial charge in [-0.3, -0.25) is 0 Å². The molecule has 0 atom stereocenters. The van der Waals surface area contributed by atoms with Crippen LogP contribution in [0.3, 0.4) is 0 Å². The molecular weight excluding hydrogens is 180 g/mol. The Morgan fingerprint density at radius 3 is 2.43 bits per heavy atom. The van der Waals surface area contributed by atoms with E-state index in [1.807, 2.05) is 6.92 Å². The second-order valence-electron chi connectivity index (χ2n) is 4.40. The van der Waals surface area contributed by atoms with Crippen LogP contribution in [-0.2, 0) is 14.2 Å². The van der Waals surface area contributed by atoms with Crippen molar-refractivity contribution < 1.29 is 14.2 Å². The summed E-state index contributed by atoms with van der Waals surface area (Å²) in [5.74, 6) is -0.485. The Morgan fingerprint density at radius 2 is 1.79 bits per heavy atom. The summed E-state index contributed by atoms with van der Waals surface area (Å²) in [7, 11) is 0. The van der Waals surface area contributed by atoms with Crippen molar-refractivity contribution in [2.24, 2.45) is 0 Å². The highest BCUT2D eigenvalue weighted by molar-refractivity contribution is 4.71. The average Bonchev–Trinajstić information content (AvgIpc) is 2.69. The third kappa shape index (κ3) is 2.69. The number of rotatable bonds is 3. The van der Waals surface area contributed by atoms with Crippen molar-refractivity contribution in [3.63, 3.8) is 0 Å². The van der Waals surface area contributed by atoms with Crippen LogP contribution in [0.1, 0.15) is 39.0 Å². The molecule has 1 aliphatic carbocycles. The van der Waals surface area contributed by atoms with Gasteiger partial charge in [-0.2, -0.15) is 0 Å². The van der Waals surface area contributed by atoms with Crippen molar-refractivity contribution in [3.8, 4) is 0 Å². The maximum Gasteiger partial charge on any atom is 0.188 e. The lowest BCUT2D eigenvalue weighted by Gasteiger charge is -2.34. The van der Waals surface area contributed by atoms with Crippen LogP contribution in [0.25, 0.3) is 0 Å². The van der Waals surface area contributed by atoms with E-state index in [-0.39, 0.29) is 0 Å². The van der Waals surface area contributed by atoms with E-state index in [0.29, 0.717) is 12.7 Å². The molecule has 0 radical (unpaired) electrons. The van der Waals surface area contributed by atoms with E-state index in [1.54, 1.807) is 0 Å². The summed E-state index contributed by atoms with van der Waals surface area (Å²) in [6.07, 6.45) is 6.47. The van der Waals surface area contributed by atoms with Crippen LogP contribution in [0.4, 0.5) is 0 Å². The van der Waals surface area contributed by atoms with Crippen LogP contribution in [-0.4, -0.2) is 31.7 Å².